The van der Waals surface area contributed by atoms with Gasteiger partial charge < -0.3 is 5.32 Å². The summed E-state index contributed by atoms with van der Waals surface area (Å²) in [5, 5.41) is 4.08. The lowest BCUT2D eigenvalue weighted by Gasteiger charge is -2.16. The molecular weight excluding hydrogens is 306 g/mol. The maximum absolute atomic E-state index is 12.1. The Balaban J connectivity index is 2.40. The maximum Gasteiger partial charge on any atom is 0.154 e. The zero-order valence-corrected chi connectivity index (χ0v) is 14.5. The van der Waals surface area contributed by atoms with E-state index < -0.39 is 9.84 Å². The Morgan fingerprint density at radius 3 is 2.43 bits per heavy atom. The molecule has 21 heavy (non-hydrogen) atoms. The molecule has 0 aromatic heterocycles. The molecule has 0 aliphatic heterocycles. The predicted octanol–water partition coefficient (Wildman–Crippen LogP) is 3.81. The van der Waals surface area contributed by atoms with Crippen molar-refractivity contribution in [2.75, 3.05) is 12.3 Å². The smallest absolute Gasteiger partial charge is 0.154 e. The van der Waals surface area contributed by atoms with E-state index in [1.54, 1.807) is 24.3 Å². The fourth-order valence-electron chi connectivity index (χ4n) is 2.26. The van der Waals surface area contributed by atoms with Gasteiger partial charge in [-0.05, 0) is 49.9 Å². The van der Waals surface area contributed by atoms with E-state index in [-0.39, 0.29) is 11.5 Å². The number of sulfone groups is 1. The van der Waals surface area contributed by atoms with Gasteiger partial charge in [0.1, 0.15) is 0 Å². The van der Waals surface area contributed by atoms with Crippen LogP contribution in [0.2, 0.25) is 5.02 Å². The van der Waals surface area contributed by atoms with Crippen LogP contribution in [0.15, 0.2) is 24.3 Å². The Hall–Kier alpha value is -0.580. The highest BCUT2D eigenvalue weighted by Crippen LogP contribution is 2.13. The topological polar surface area (TPSA) is 46.2 Å². The zero-order chi connectivity index (χ0) is 15.7. The van der Waals surface area contributed by atoms with Gasteiger partial charge in [-0.1, -0.05) is 37.6 Å². The van der Waals surface area contributed by atoms with Crippen LogP contribution in [0, 0.1) is 0 Å². The Morgan fingerprint density at radius 1 is 1.19 bits per heavy atom. The number of halogens is 1. The molecule has 0 aliphatic rings. The predicted molar refractivity (Wildman–Crippen MR) is 90.5 cm³/mol. The van der Waals surface area contributed by atoms with Crippen LogP contribution in [-0.2, 0) is 15.6 Å². The fourth-order valence-corrected chi connectivity index (χ4v) is 3.83. The SMILES string of the molecule is CCCNC(CC)CCCS(=O)(=O)Cc1ccc(Cl)cc1. The first-order chi connectivity index (χ1) is 9.96. The summed E-state index contributed by atoms with van der Waals surface area (Å²) in [7, 11) is -3.04. The van der Waals surface area contributed by atoms with Gasteiger partial charge in [-0.15, -0.1) is 0 Å². The van der Waals surface area contributed by atoms with E-state index in [0.717, 1.165) is 31.4 Å². The third-order valence-corrected chi connectivity index (χ3v) is 5.42. The summed E-state index contributed by atoms with van der Waals surface area (Å²) in [6, 6.07) is 7.44. The molecule has 0 saturated heterocycles. The number of benzene rings is 1. The van der Waals surface area contributed by atoms with E-state index in [1.165, 1.54) is 0 Å². The summed E-state index contributed by atoms with van der Waals surface area (Å²) in [6.07, 6.45) is 3.77. The van der Waals surface area contributed by atoms with E-state index in [2.05, 4.69) is 19.2 Å². The van der Waals surface area contributed by atoms with Gasteiger partial charge >= 0.3 is 0 Å². The van der Waals surface area contributed by atoms with E-state index in [0.29, 0.717) is 17.5 Å². The molecule has 1 rings (SSSR count). The molecule has 0 spiro atoms. The number of rotatable bonds is 10. The van der Waals surface area contributed by atoms with Gasteiger partial charge in [0, 0.05) is 11.1 Å². The van der Waals surface area contributed by atoms with Gasteiger partial charge in [-0.2, -0.15) is 0 Å². The molecular formula is C16H26ClNO2S. The molecule has 1 aromatic rings. The van der Waals surface area contributed by atoms with Crippen LogP contribution >= 0.6 is 11.6 Å². The summed E-state index contributed by atoms with van der Waals surface area (Å²) in [5.74, 6) is 0.350. The number of nitrogens with one attached hydrogen (secondary N) is 1. The first-order valence-electron chi connectivity index (χ1n) is 7.65. The number of hydrogen-bond donors (Lipinski definition) is 1. The quantitative estimate of drug-likeness (QED) is 0.709. The van der Waals surface area contributed by atoms with Gasteiger partial charge in [-0.25, -0.2) is 8.42 Å². The van der Waals surface area contributed by atoms with Crippen molar-refractivity contribution in [1.82, 2.24) is 5.32 Å². The van der Waals surface area contributed by atoms with Crippen LogP contribution in [0.25, 0.3) is 0 Å². The molecule has 1 aromatic carbocycles. The van der Waals surface area contributed by atoms with Crippen molar-refractivity contribution in [2.24, 2.45) is 0 Å². The lowest BCUT2D eigenvalue weighted by molar-refractivity contribution is 0.463. The van der Waals surface area contributed by atoms with Crippen LogP contribution in [0.3, 0.4) is 0 Å². The normalized spacial score (nSPS) is 13.3. The van der Waals surface area contributed by atoms with Gasteiger partial charge in [0.15, 0.2) is 9.84 Å². The van der Waals surface area contributed by atoms with Crippen LogP contribution in [0.1, 0.15) is 45.1 Å². The summed E-state index contributed by atoms with van der Waals surface area (Å²) in [5.41, 5.74) is 0.801. The lowest BCUT2D eigenvalue weighted by atomic mass is 10.1. The largest absolute Gasteiger partial charge is 0.314 e. The Bertz CT molecular complexity index is 500. The molecule has 0 aliphatic carbocycles. The molecule has 0 fully saturated rings. The van der Waals surface area contributed by atoms with E-state index >= 15 is 0 Å². The molecule has 1 unspecified atom stereocenters. The summed E-state index contributed by atoms with van der Waals surface area (Å²) < 4.78 is 24.2. The van der Waals surface area contributed by atoms with Crippen molar-refractivity contribution in [3.8, 4) is 0 Å². The molecule has 120 valence electrons. The first-order valence-corrected chi connectivity index (χ1v) is 9.85. The van der Waals surface area contributed by atoms with E-state index in [9.17, 15) is 8.42 Å². The monoisotopic (exact) mass is 331 g/mol. The van der Waals surface area contributed by atoms with Crippen LogP contribution in [0.5, 0.6) is 0 Å². The fraction of sp³-hybridized carbons (Fsp3) is 0.625. The third-order valence-electron chi connectivity index (χ3n) is 3.48. The van der Waals surface area contributed by atoms with Crippen LogP contribution < -0.4 is 5.32 Å². The summed E-state index contributed by atoms with van der Waals surface area (Å²) in [6.45, 7) is 5.27. The highest BCUT2D eigenvalue weighted by molar-refractivity contribution is 7.90. The maximum atomic E-state index is 12.1. The minimum absolute atomic E-state index is 0.101. The Labute approximate surface area is 134 Å². The van der Waals surface area contributed by atoms with Crippen molar-refractivity contribution in [3.63, 3.8) is 0 Å². The Kier molecular flexibility index (Phi) is 8.30. The summed E-state index contributed by atoms with van der Waals surface area (Å²) in [4.78, 5) is 0. The minimum Gasteiger partial charge on any atom is -0.314 e. The molecule has 0 saturated carbocycles. The second-order valence-corrected chi connectivity index (χ2v) is 8.04. The molecule has 0 amide bonds. The molecule has 1 atom stereocenters. The average Bonchev–Trinajstić information content (AvgIpc) is 2.45. The average molecular weight is 332 g/mol. The second-order valence-electron chi connectivity index (χ2n) is 5.42. The van der Waals surface area contributed by atoms with E-state index in [4.69, 9.17) is 11.6 Å². The van der Waals surface area contributed by atoms with Crippen LogP contribution in [-0.4, -0.2) is 26.8 Å². The Morgan fingerprint density at radius 2 is 1.86 bits per heavy atom. The number of hydrogen-bond acceptors (Lipinski definition) is 3. The van der Waals surface area contributed by atoms with Crippen molar-refractivity contribution in [2.45, 2.75) is 51.3 Å². The highest BCUT2D eigenvalue weighted by Gasteiger charge is 2.13. The van der Waals surface area contributed by atoms with Crippen LogP contribution in [0.4, 0.5) is 0 Å². The van der Waals surface area contributed by atoms with Crippen molar-refractivity contribution < 1.29 is 8.42 Å². The van der Waals surface area contributed by atoms with Gasteiger partial charge in [0.2, 0.25) is 0 Å². The highest BCUT2D eigenvalue weighted by atomic mass is 35.5. The van der Waals surface area contributed by atoms with Crippen molar-refractivity contribution in [3.05, 3.63) is 34.9 Å². The van der Waals surface area contributed by atoms with Crippen molar-refractivity contribution in [1.29, 1.82) is 0 Å². The third kappa shape index (κ3) is 7.84. The van der Waals surface area contributed by atoms with E-state index in [1.807, 2.05) is 0 Å². The minimum atomic E-state index is -3.04. The molecule has 0 radical (unpaired) electrons. The van der Waals surface area contributed by atoms with Gasteiger partial charge in [0.25, 0.3) is 0 Å². The zero-order valence-electron chi connectivity index (χ0n) is 12.9. The van der Waals surface area contributed by atoms with Gasteiger partial charge in [0.05, 0.1) is 11.5 Å². The molecule has 1 N–H and O–H groups in total. The lowest BCUT2D eigenvalue weighted by Crippen LogP contribution is -2.29. The molecule has 3 nitrogen and oxygen atoms in total. The molecule has 5 heteroatoms. The standard InChI is InChI=1S/C16H26ClNO2S/c1-3-11-18-16(4-2)6-5-12-21(19,20)13-14-7-9-15(17)10-8-14/h7-10,16,18H,3-6,11-13H2,1-2H3. The summed E-state index contributed by atoms with van der Waals surface area (Å²) >= 11 is 5.80. The second kappa shape index (κ2) is 9.44. The van der Waals surface area contributed by atoms with Gasteiger partial charge in [-0.3, -0.25) is 0 Å². The van der Waals surface area contributed by atoms with Crippen molar-refractivity contribution >= 4 is 21.4 Å². The molecule has 0 heterocycles. The first kappa shape index (κ1) is 18.5. The molecule has 0 bridgehead atoms.